The number of carbonyl (C=O) groups excluding carboxylic acids is 1. The van der Waals surface area contributed by atoms with Crippen molar-refractivity contribution >= 4 is 5.78 Å². The Hall–Kier alpha value is -0.590. The summed E-state index contributed by atoms with van der Waals surface area (Å²) in [6, 6.07) is 0. The molecule has 0 aliphatic heterocycles. The third kappa shape index (κ3) is 1.64. The molecule has 1 nitrogen and oxygen atoms in total. The van der Waals surface area contributed by atoms with Gasteiger partial charge >= 0.3 is 0 Å². The second-order valence-corrected chi connectivity index (χ2v) is 7.91. The van der Waals surface area contributed by atoms with Gasteiger partial charge in [0.2, 0.25) is 0 Å². The van der Waals surface area contributed by atoms with Crippen molar-refractivity contribution in [2.75, 3.05) is 0 Å². The molecule has 1 heteroatoms. The molecule has 0 N–H and O–H groups in total. The SMILES string of the molecule is CC[C@]12CC[C@H]3[C@@H](CCC4CCCC[C@@H]43)[C@@H]1C=CC2=O. The largest absolute Gasteiger partial charge is 0.294 e. The monoisotopic (exact) mass is 272 g/mol. The maximum Gasteiger partial charge on any atom is 0.162 e. The second kappa shape index (κ2) is 4.71. The van der Waals surface area contributed by atoms with Gasteiger partial charge in [-0.1, -0.05) is 32.3 Å². The van der Waals surface area contributed by atoms with Crippen LogP contribution in [0.15, 0.2) is 12.2 Å². The minimum Gasteiger partial charge on any atom is -0.294 e. The van der Waals surface area contributed by atoms with Crippen molar-refractivity contribution in [3.63, 3.8) is 0 Å². The molecule has 0 heterocycles. The van der Waals surface area contributed by atoms with Crippen LogP contribution in [0.1, 0.15) is 64.7 Å². The van der Waals surface area contributed by atoms with Gasteiger partial charge in [-0.3, -0.25) is 4.79 Å². The lowest BCUT2D eigenvalue weighted by atomic mass is 9.50. The summed E-state index contributed by atoms with van der Waals surface area (Å²) in [4.78, 5) is 12.4. The average molecular weight is 272 g/mol. The van der Waals surface area contributed by atoms with Gasteiger partial charge in [0.15, 0.2) is 5.78 Å². The summed E-state index contributed by atoms with van der Waals surface area (Å²) in [5.74, 6) is 4.83. The van der Waals surface area contributed by atoms with E-state index in [-0.39, 0.29) is 5.41 Å². The summed E-state index contributed by atoms with van der Waals surface area (Å²) >= 11 is 0. The number of ketones is 1. The highest BCUT2D eigenvalue weighted by Crippen LogP contribution is 2.60. The summed E-state index contributed by atoms with van der Waals surface area (Å²) in [5.41, 5.74) is 0.0165. The van der Waals surface area contributed by atoms with Gasteiger partial charge in [-0.2, -0.15) is 0 Å². The first-order chi connectivity index (χ1) is 9.76. The van der Waals surface area contributed by atoms with E-state index in [2.05, 4.69) is 13.0 Å². The van der Waals surface area contributed by atoms with E-state index in [1.807, 2.05) is 6.08 Å². The fourth-order valence-corrected chi connectivity index (χ4v) is 6.53. The molecule has 0 radical (unpaired) electrons. The van der Waals surface area contributed by atoms with Crippen LogP contribution in [-0.2, 0) is 4.79 Å². The fourth-order valence-electron chi connectivity index (χ4n) is 6.53. The van der Waals surface area contributed by atoms with Crippen molar-refractivity contribution in [3.05, 3.63) is 12.2 Å². The molecular formula is C19H28O. The minimum absolute atomic E-state index is 0.0165. The normalized spacial score (nSPS) is 50.5. The zero-order valence-electron chi connectivity index (χ0n) is 12.8. The number of rotatable bonds is 1. The molecule has 0 aromatic carbocycles. The van der Waals surface area contributed by atoms with Gasteiger partial charge in [-0.15, -0.1) is 0 Å². The standard InChI is InChI=1S/C19H28O/c1-2-19-12-11-15-14-6-4-3-5-13(14)7-8-16(15)17(19)9-10-18(19)20/h9-10,13-17H,2-8,11-12H2,1H3/t13?,14-,15+,16+,17-,19-/m0/s1. The van der Waals surface area contributed by atoms with Crippen molar-refractivity contribution < 1.29 is 4.79 Å². The highest BCUT2D eigenvalue weighted by molar-refractivity contribution is 5.98. The Kier molecular flexibility index (Phi) is 3.09. The Balaban J connectivity index is 1.63. The van der Waals surface area contributed by atoms with Gasteiger partial charge in [0, 0.05) is 5.41 Å². The van der Waals surface area contributed by atoms with Crippen LogP contribution in [0.5, 0.6) is 0 Å². The van der Waals surface area contributed by atoms with Gasteiger partial charge in [-0.05, 0) is 74.2 Å². The Bertz CT molecular complexity index is 437. The highest BCUT2D eigenvalue weighted by Gasteiger charge is 2.56. The Labute approximate surface area is 123 Å². The Morgan fingerprint density at radius 3 is 2.75 bits per heavy atom. The predicted molar refractivity (Wildman–Crippen MR) is 81.3 cm³/mol. The maximum absolute atomic E-state index is 12.4. The van der Waals surface area contributed by atoms with Crippen molar-refractivity contribution in [1.29, 1.82) is 0 Å². The van der Waals surface area contributed by atoms with Crippen molar-refractivity contribution in [1.82, 2.24) is 0 Å². The lowest BCUT2D eigenvalue weighted by molar-refractivity contribution is -0.132. The molecule has 4 aliphatic carbocycles. The molecule has 0 aromatic heterocycles. The first-order valence-electron chi connectivity index (χ1n) is 8.99. The first kappa shape index (κ1) is 13.1. The average Bonchev–Trinajstić information content (AvgIpc) is 2.85. The van der Waals surface area contributed by atoms with Gasteiger partial charge < -0.3 is 0 Å². The lowest BCUT2D eigenvalue weighted by Gasteiger charge is -2.54. The van der Waals surface area contributed by atoms with Crippen molar-refractivity contribution in [2.45, 2.75) is 64.7 Å². The van der Waals surface area contributed by atoms with Crippen LogP contribution >= 0.6 is 0 Å². The molecule has 4 aliphatic rings. The zero-order chi connectivity index (χ0) is 13.7. The van der Waals surface area contributed by atoms with Gasteiger partial charge in [0.1, 0.15) is 0 Å². The summed E-state index contributed by atoms with van der Waals surface area (Å²) < 4.78 is 0. The van der Waals surface area contributed by atoms with Crippen LogP contribution < -0.4 is 0 Å². The third-order valence-electron chi connectivity index (χ3n) is 7.54. The second-order valence-electron chi connectivity index (χ2n) is 7.91. The molecule has 1 unspecified atom stereocenters. The van der Waals surface area contributed by atoms with E-state index >= 15 is 0 Å². The maximum atomic E-state index is 12.4. The predicted octanol–water partition coefficient (Wildman–Crippen LogP) is 4.76. The number of fused-ring (bicyclic) bond motifs is 5. The molecule has 20 heavy (non-hydrogen) atoms. The summed E-state index contributed by atoms with van der Waals surface area (Å²) in [5, 5.41) is 0. The van der Waals surface area contributed by atoms with E-state index in [1.54, 1.807) is 0 Å². The smallest absolute Gasteiger partial charge is 0.162 e. The number of allylic oxidation sites excluding steroid dienone is 2. The van der Waals surface area contributed by atoms with Gasteiger partial charge in [-0.25, -0.2) is 0 Å². The molecule has 0 bridgehead atoms. The van der Waals surface area contributed by atoms with Crippen LogP contribution in [0.3, 0.4) is 0 Å². The van der Waals surface area contributed by atoms with Crippen LogP contribution in [0.2, 0.25) is 0 Å². The van der Waals surface area contributed by atoms with Gasteiger partial charge in [0.05, 0.1) is 0 Å². The van der Waals surface area contributed by atoms with Crippen LogP contribution in [0.4, 0.5) is 0 Å². The molecule has 6 atom stereocenters. The van der Waals surface area contributed by atoms with Crippen molar-refractivity contribution in [2.24, 2.45) is 35.0 Å². The van der Waals surface area contributed by atoms with Crippen LogP contribution in [-0.4, -0.2) is 5.78 Å². The molecule has 3 fully saturated rings. The quantitative estimate of drug-likeness (QED) is 0.672. The number of hydrogen-bond acceptors (Lipinski definition) is 1. The first-order valence-corrected chi connectivity index (χ1v) is 8.99. The molecule has 0 aromatic rings. The molecule has 3 saturated carbocycles. The third-order valence-corrected chi connectivity index (χ3v) is 7.54. The van der Waals surface area contributed by atoms with E-state index in [9.17, 15) is 4.79 Å². The van der Waals surface area contributed by atoms with E-state index < -0.39 is 0 Å². The zero-order valence-corrected chi connectivity index (χ0v) is 12.8. The summed E-state index contributed by atoms with van der Waals surface area (Å²) in [7, 11) is 0. The molecule has 0 amide bonds. The fraction of sp³-hybridized carbons (Fsp3) is 0.842. The topological polar surface area (TPSA) is 17.1 Å². The molecule has 4 rings (SSSR count). The van der Waals surface area contributed by atoms with Crippen LogP contribution in [0.25, 0.3) is 0 Å². The summed E-state index contributed by atoms with van der Waals surface area (Å²) in [6.45, 7) is 2.24. The lowest BCUT2D eigenvalue weighted by Crippen LogP contribution is -2.49. The Morgan fingerprint density at radius 1 is 1.05 bits per heavy atom. The Morgan fingerprint density at radius 2 is 1.90 bits per heavy atom. The number of hydrogen-bond donors (Lipinski definition) is 0. The van der Waals surface area contributed by atoms with E-state index in [1.165, 1.54) is 51.4 Å². The summed E-state index contributed by atoms with van der Waals surface area (Å²) in [6.07, 6.45) is 16.6. The minimum atomic E-state index is 0.0165. The highest BCUT2D eigenvalue weighted by atomic mass is 16.1. The molecule has 0 saturated heterocycles. The van der Waals surface area contributed by atoms with E-state index in [0.29, 0.717) is 11.7 Å². The molecular weight excluding hydrogens is 244 g/mol. The van der Waals surface area contributed by atoms with Crippen LogP contribution in [0, 0.1) is 35.0 Å². The molecule has 110 valence electrons. The van der Waals surface area contributed by atoms with Crippen molar-refractivity contribution in [3.8, 4) is 0 Å². The van der Waals surface area contributed by atoms with E-state index in [0.717, 1.165) is 30.1 Å². The van der Waals surface area contributed by atoms with Gasteiger partial charge in [0.25, 0.3) is 0 Å². The van der Waals surface area contributed by atoms with E-state index in [4.69, 9.17) is 0 Å². The number of carbonyl (C=O) groups is 1. The molecule has 0 spiro atoms.